The molecule has 3 N–H and O–H groups in total. The van der Waals surface area contributed by atoms with Crippen molar-refractivity contribution in [2.75, 3.05) is 19.3 Å². The van der Waals surface area contributed by atoms with Crippen molar-refractivity contribution in [3.05, 3.63) is 27.7 Å². The summed E-state index contributed by atoms with van der Waals surface area (Å²) in [6.07, 6.45) is 2.50. The smallest absolute Gasteiger partial charge is 0.211 e. The average Bonchev–Trinajstić information content (AvgIpc) is 2.41. The molecule has 1 atom stereocenters. The van der Waals surface area contributed by atoms with Crippen molar-refractivity contribution in [3.63, 3.8) is 0 Å². The van der Waals surface area contributed by atoms with Crippen molar-refractivity contribution in [3.8, 4) is 5.75 Å². The predicted molar refractivity (Wildman–Crippen MR) is 84.2 cm³/mol. The molecule has 2 rings (SSSR count). The van der Waals surface area contributed by atoms with Gasteiger partial charge in [-0.15, -0.1) is 0 Å². The summed E-state index contributed by atoms with van der Waals surface area (Å²) < 4.78 is 24.4. The molecule has 21 heavy (non-hydrogen) atoms. The van der Waals surface area contributed by atoms with E-state index >= 15 is 0 Å². The van der Waals surface area contributed by atoms with E-state index in [1.807, 2.05) is 0 Å². The third kappa shape index (κ3) is 3.81. The molecule has 1 fully saturated rings. The molecular formula is C13H18Cl2N2O3S. The Hall–Kier alpha value is -0.530. The molecule has 1 aliphatic rings. The minimum Gasteiger partial charge on any atom is -0.508 e. The van der Waals surface area contributed by atoms with Crippen LogP contribution in [0.25, 0.3) is 0 Å². The maximum atomic E-state index is 11.5. The second kappa shape index (κ2) is 6.30. The van der Waals surface area contributed by atoms with Crippen LogP contribution < -0.4 is 5.73 Å². The van der Waals surface area contributed by atoms with Crippen molar-refractivity contribution in [2.24, 2.45) is 11.7 Å². The summed E-state index contributed by atoms with van der Waals surface area (Å²) in [5.41, 5.74) is 6.76. The van der Waals surface area contributed by atoms with E-state index in [1.165, 1.54) is 16.6 Å². The van der Waals surface area contributed by atoms with Gasteiger partial charge in [0.1, 0.15) is 5.75 Å². The molecule has 1 unspecified atom stereocenters. The largest absolute Gasteiger partial charge is 0.508 e. The predicted octanol–water partition coefficient (Wildman–Crippen LogP) is 2.37. The highest BCUT2D eigenvalue weighted by molar-refractivity contribution is 7.88. The minimum atomic E-state index is -3.16. The van der Waals surface area contributed by atoms with Gasteiger partial charge in [0.05, 0.1) is 16.3 Å². The maximum absolute atomic E-state index is 11.5. The molecule has 8 heteroatoms. The summed E-state index contributed by atoms with van der Waals surface area (Å²) >= 11 is 11.8. The van der Waals surface area contributed by atoms with Crippen molar-refractivity contribution < 1.29 is 13.5 Å². The number of piperidine rings is 1. The highest BCUT2D eigenvalue weighted by Crippen LogP contribution is 2.37. The Bertz CT molecular complexity index is 629. The van der Waals surface area contributed by atoms with Gasteiger partial charge < -0.3 is 10.8 Å². The summed E-state index contributed by atoms with van der Waals surface area (Å²) in [7, 11) is -3.16. The lowest BCUT2D eigenvalue weighted by atomic mass is 9.86. The van der Waals surface area contributed by atoms with Crippen LogP contribution in [-0.2, 0) is 10.0 Å². The Morgan fingerprint density at radius 2 is 1.81 bits per heavy atom. The molecule has 118 valence electrons. The Morgan fingerprint density at radius 3 is 2.33 bits per heavy atom. The normalized spacial score (nSPS) is 19.6. The molecule has 1 aromatic rings. The van der Waals surface area contributed by atoms with Gasteiger partial charge in [-0.3, -0.25) is 0 Å². The van der Waals surface area contributed by atoms with Crippen molar-refractivity contribution >= 4 is 33.2 Å². The Morgan fingerprint density at radius 1 is 1.29 bits per heavy atom. The lowest BCUT2D eigenvalue weighted by molar-refractivity contribution is 0.244. The zero-order valence-electron chi connectivity index (χ0n) is 11.6. The van der Waals surface area contributed by atoms with Gasteiger partial charge in [0.25, 0.3) is 0 Å². The fourth-order valence-electron chi connectivity index (χ4n) is 2.64. The number of benzene rings is 1. The van der Waals surface area contributed by atoms with Gasteiger partial charge in [0.15, 0.2) is 0 Å². The summed E-state index contributed by atoms with van der Waals surface area (Å²) in [6, 6.07) is 2.55. The number of halogens is 2. The van der Waals surface area contributed by atoms with Crippen LogP contribution in [0, 0.1) is 5.92 Å². The van der Waals surface area contributed by atoms with Gasteiger partial charge >= 0.3 is 0 Å². The Balaban J connectivity index is 2.12. The van der Waals surface area contributed by atoms with Crippen LogP contribution in [0.1, 0.15) is 24.4 Å². The number of hydrogen-bond donors (Lipinski definition) is 2. The molecule has 0 radical (unpaired) electrons. The molecule has 1 saturated heterocycles. The highest BCUT2D eigenvalue weighted by Gasteiger charge is 2.30. The minimum absolute atomic E-state index is 0.0162. The number of rotatable bonds is 3. The maximum Gasteiger partial charge on any atom is 0.211 e. The molecule has 0 saturated carbocycles. The fourth-order valence-corrected chi connectivity index (χ4v) is 3.84. The van der Waals surface area contributed by atoms with E-state index in [4.69, 9.17) is 28.9 Å². The number of sulfonamides is 1. The summed E-state index contributed by atoms with van der Waals surface area (Å²) in [5, 5.41) is 10.6. The third-order valence-electron chi connectivity index (χ3n) is 3.90. The quantitative estimate of drug-likeness (QED) is 0.874. The molecule has 0 aromatic heterocycles. The number of aromatic hydroxyl groups is 1. The van der Waals surface area contributed by atoms with Crippen LogP contribution in [0.15, 0.2) is 12.1 Å². The number of phenols is 1. The van der Waals surface area contributed by atoms with Gasteiger partial charge in [-0.25, -0.2) is 12.7 Å². The molecule has 1 aliphatic heterocycles. The lowest BCUT2D eigenvalue weighted by Gasteiger charge is -2.33. The molecule has 1 aromatic carbocycles. The first-order chi connectivity index (χ1) is 9.70. The first-order valence-corrected chi connectivity index (χ1v) is 9.19. The number of nitrogens with two attached hydrogens (primary N) is 1. The third-order valence-corrected chi connectivity index (χ3v) is 5.93. The van der Waals surface area contributed by atoms with E-state index in [-0.39, 0.29) is 16.7 Å². The van der Waals surface area contributed by atoms with Gasteiger partial charge in [0.2, 0.25) is 10.0 Å². The molecule has 5 nitrogen and oxygen atoms in total. The van der Waals surface area contributed by atoms with Gasteiger partial charge in [0, 0.05) is 30.8 Å². The van der Waals surface area contributed by atoms with Crippen LogP contribution in [0.2, 0.25) is 10.0 Å². The van der Waals surface area contributed by atoms with Crippen molar-refractivity contribution in [1.29, 1.82) is 0 Å². The summed E-state index contributed by atoms with van der Waals surface area (Å²) in [4.78, 5) is 0. The Labute approximate surface area is 134 Å². The summed E-state index contributed by atoms with van der Waals surface area (Å²) in [6.45, 7) is 0.887. The second-order valence-electron chi connectivity index (χ2n) is 5.35. The lowest BCUT2D eigenvalue weighted by Crippen LogP contribution is -2.40. The fraction of sp³-hybridized carbons (Fsp3) is 0.538. The number of phenolic OH excluding ortho intramolecular Hbond substituents is 1. The average molecular weight is 353 g/mol. The van der Waals surface area contributed by atoms with Crippen LogP contribution in [0.4, 0.5) is 0 Å². The van der Waals surface area contributed by atoms with E-state index < -0.39 is 16.1 Å². The Kier molecular flexibility index (Phi) is 5.05. The standard InChI is InChI=1S/C13H18Cl2N2O3S/c1-21(19,20)17-4-2-8(3-5-17)13(16)9-6-10(14)11(15)7-12(9)18/h6-8,13,18H,2-5,16H2,1H3. The highest BCUT2D eigenvalue weighted by atomic mass is 35.5. The van der Waals surface area contributed by atoms with Crippen molar-refractivity contribution in [1.82, 2.24) is 4.31 Å². The summed E-state index contributed by atoms with van der Waals surface area (Å²) in [5.74, 6) is 0.105. The number of nitrogens with zero attached hydrogens (tertiary/aromatic N) is 1. The van der Waals surface area contributed by atoms with E-state index in [2.05, 4.69) is 0 Å². The van der Waals surface area contributed by atoms with Crippen molar-refractivity contribution in [2.45, 2.75) is 18.9 Å². The first-order valence-electron chi connectivity index (χ1n) is 6.58. The molecule has 0 spiro atoms. The van der Waals surface area contributed by atoms with E-state index in [9.17, 15) is 13.5 Å². The van der Waals surface area contributed by atoms with E-state index in [1.54, 1.807) is 6.07 Å². The van der Waals surface area contributed by atoms with Gasteiger partial charge in [-0.1, -0.05) is 23.2 Å². The zero-order chi connectivity index (χ0) is 15.8. The monoisotopic (exact) mass is 352 g/mol. The van der Waals surface area contributed by atoms with Crippen LogP contribution in [-0.4, -0.2) is 37.2 Å². The first kappa shape index (κ1) is 16.8. The zero-order valence-corrected chi connectivity index (χ0v) is 13.9. The van der Waals surface area contributed by atoms with Gasteiger partial charge in [-0.2, -0.15) is 0 Å². The van der Waals surface area contributed by atoms with E-state index in [0.29, 0.717) is 36.5 Å². The van der Waals surface area contributed by atoms with Gasteiger partial charge in [-0.05, 0) is 24.8 Å². The molecule has 0 amide bonds. The topological polar surface area (TPSA) is 83.6 Å². The van der Waals surface area contributed by atoms with Crippen LogP contribution >= 0.6 is 23.2 Å². The van der Waals surface area contributed by atoms with Crippen LogP contribution in [0.3, 0.4) is 0 Å². The second-order valence-corrected chi connectivity index (χ2v) is 8.15. The van der Waals surface area contributed by atoms with Crippen LogP contribution in [0.5, 0.6) is 5.75 Å². The molecule has 0 aliphatic carbocycles. The molecule has 1 heterocycles. The molecule has 0 bridgehead atoms. The number of hydrogen-bond acceptors (Lipinski definition) is 4. The molecular weight excluding hydrogens is 335 g/mol. The SMILES string of the molecule is CS(=O)(=O)N1CCC(C(N)c2cc(Cl)c(Cl)cc2O)CC1. The van der Waals surface area contributed by atoms with E-state index in [0.717, 1.165) is 0 Å².